The molecule has 0 aliphatic carbocycles. The largest absolute Gasteiger partial charge is 0.496 e. The van der Waals surface area contributed by atoms with Crippen LogP contribution >= 0.6 is 11.3 Å². The first-order valence-corrected chi connectivity index (χ1v) is 13.9. The van der Waals surface area contributed by atoms with E-state index in [4.69, 9.17) is 9.84 Å². The zero-order valence-electron chi connectivity index (χ0n) is 23.0. The number of hydrogen-bond donors (Lipinski definition) is 0. The van der Waals surface area contributed by atoms with Gasteiger partial charge in [0.1, 0.15) is 11.4 Å². The van der Waals surface area contributed by atoms with E-state index in [0.717, 1.165) is 39.4 Å². The van der Waals surface area contributed by atoms with Crippen molar-refractivity contribution in [2.45, 2.75) is 33.1 Å². The summed E-state index contributed by atoms with van der Waals surface area (Å²) in [6.45, 7) is 8.54. The predicted octanol–water partition coefficient (Wildman–Crippen LogP) is 5.83. The lowest BCUT2D eigenvalue weighted by Crippen LogP contribution is -2.23. The highest BCUT2D eigenvalue weighted by molar-refractivity contribution is 7.15. The van der Waals surface area contributed by atoms with E-state index < -0.39 is 0 Å². The second-order valence-electron chi connectivity index (χ2n) is 10.8. The first-order chi connectivity index (χ1) is 19.2. The lowest BCUT2D eigenvalue weighted by molar-refractivity contribution is 0.412. The minimum absolute atomic E-state index is 0.0606. The van der Waals surface area contributed by atoms with Gasteiger partial charge in [-0.2, -0.15) is 14.6 Å². The second kappa shape index (κ2) is 9.88. The van der Waals surface area contributed by atoms with Crippen molar-refractivity contribution in [3.8, 4) is 34.1 Å². The molecule has 40 heavy (non-hydrogen) atoms. The molecule has 0 saturated carbocycles. The zero-order chi connectivity index (χ0) is 28.0. The van der Waals surface area contributed by atoms with Gasteiger partial charge in [0, 0.05) is 22.9 Å². The van der Waals surface area contributed by atoms with E-state index >= 15 is 0 Å². The van der Waals surface area contributed by atoms with Crippen LogP contribution in [0.1, 0.15) is 37.5 Å². The molecule has 0 radical (unpaired) electrons. The van der Waals surface area contributed by atoms with Crippen LogP contribution in [-0.2, 0) is 5.41 Å². The lowest BCUT2D eigenvalue weighted by atomic mass is 9.87. The van der Waals surface area contributed by atoms with Gasteiger partial charge in [-0.1, -0.05) is 74.6 Å². The second-order valence-corrected chi connectivity index (χ2v) is 11.8. The van der Waals surface area contributed by atoms with Crippen LogP contribution in [0.15, 0.2) is 83.8 Å². The van der Waals surface area contributed by atoms with Crippen molar-refractivity contribution in [2.75, 3.05) is 7.11 Å². The summed E-state index contributed by atoms with van der Waals surface area (Å²) in [5.41, 5.74) is 6.45. The number of fused-ring (bicyclic) bond motifs is 1. The Labute approximate surface area is 236 Å². The number of methoxy groups -OCH3 is 1. The van der Waals surface area contributed by atoms with Gasteiger partial charge in [-0.15, -0.1) is 5.10 Å². The fourth-order valence-corrected chi connectivity index (χ4v) is 5.57. The van der Waals surface area contributed by atoms with E-state index in [1.165, 1.54) is 21.4 Å². The van der Waals surface area contributed by atoms with Gasteiger partial charge < -0.3 is 4.74 Å². The molecule has 0 bridgehead atoms. The Morgan fingerprint density at radius 2 is 1.65 bits per heavy atom. The molecule has 7 nitrogen and oxygen atoms in total. The van der Waals surface area contributed by atoms with E-state index in [1.807, 2.05) is 84.5 Å². The van der Waals surface area contributed by atoms with Gasteiger partial charge >= 0.3 is 0 Å². The number of benzene rings is 3. The highest BCUT2D eigenvalue weighted by Gasteiger charge is 2.17. The minimum Gasteiger partial charge on any atom is -0.496 e. The molecule has 6 rings (SSSR count). The third-order valence-electron chi connectivity index (χ3n) is 6.91. The summed E-state index contributed by atoms with van der Waals surface area (Å²) in [5.74, 6) is 1.36. The Kier molecular flexibility index (Phi) is 6.35. The standard InChI is InChI=1S/C32H29N5O2S/c1-20-17-22(13-16-26(20)39-5)28-23(19-36(34-28)25-9-7-6-8-10-25)18-27-30(38)37-31(40-27)33-29(35-37)21-11-14-24(15-12-21)32(2,3)4/h6-19H,1-5H3. The Morgan fingerprint density at radius 3 is 2.30 bits per heavy atom. The number of thiazole rings is 1. The van der Waals surface area contributed by atoms with Crippen LogP contribution < -0.4 is 14.8 Å². The van der Waals surface area contributed by atoms with Crippen molar-refractivity contribution < 1.29 is 4.74 Å². The quantitative estimate of drug-likeness (QED) is 0.271. The summed E-state index contributed by atoms with van der Waals surface area (Å²) in [6.07, 6.45) is 3.82. The Morgan fingerprint density at radius 1 is 0.925 bits per heavy atom. The summed E-state index contributed by atoms with van der Waals surface area (Å²) in [4.78, 5) is 18.7. The van der Waals surface area contributed by atoms with Crippen LogP contribution in [0.3, 0.4) is 0 Å². The molecule has 0 unspecified atom stereocenters. The number of nitrogens with zero attached hydrogens (tertiary/aromatic N) is 5. The topological polar surface area (TPSA) is 74.3 Å². The van der Waals surface area contributed by atoms with Gasteiger partial charge in [0.25, 0.3) is 5.56 Å². The Hall–Kier alpha value is -4.56. The van der Waals surface area contributed by atoms with Crippen LogP contribution in [0.4, 0.5) is 0 Å². The molecule has 0 aliphatic heterocycles. The summed E-state index contributed by atoms with van der Waals surface area (Å²) >= 11 is 1.32. The molecule has 8 heteroatoms. The maximum atomic E-state index is 13.4. The smallest absolute Gasteiger partial charge is 0.291 e. The molecule has 0 spiro atoms. The Balaban J connectivity index is 1.44. The number of rotatable bonds is 5. The van der Waals surface area contributed by atoms with Gasteiger partial charge in [0.15, 0.2) is 5.82 Å². The maximum absolute atomic E-state index is 13.4. The molecule has 0 amide bonds. The summed E-state index contributed by atoms with van der Waals surface area (Å²) in [6, 6.07) is 24.1. The molecular weight excluding hydrogens is 518 g/mol. The van der Waals surface area contributed by atoms with E-state index in [2.05, 4.69) is 43.0 Å². The van der Waals surface area contributed by atoms with Gasteiger partial charge in [0.2, 0.25) is 4.96 Å². The van der Waals surface area contributed by atoms with Gasteiger partial charge in [-0.05, 0) is 59.9 Å². The van der Waals surface area contributed by atoms with Crippen molar-refractivity contribution in [1.29, 1.82) is 0 Å². The third kappa shape index (κ3) is 4.71. The SMILES string of the molecule is COc1ccc(-c2nn(-c3ccccc3)cc2C=c2sc3nc(-c4ccc(C(C)(C)C)cc4)nn3c2=O)cc1C. The fourth-order valence-electron chi connectivity index (χ4n) is 4.67. The molecule has 3 aromatic carbocycles. The van der Waals surface area contributed by atoms with Gasteiger partial charge in [-0.3, -0.25) is 4.79 Å². The number of aromatic nitrogens is 5. The molecule has 0 saturated heterocycles. The first-order valence-electron chi connectivity index (χ1n) is 13.0. The van der Waals surface area contributed by atoms with Crippen molar-refractivity contribution >= 4 is 22.4 Å². The number of para-hydroxylation sites is 1. The monoisotopic (exact) mass is 547 g/mol. The van der Waals surface area contributed by atoms with Crippen LogP contribution in [0.25, 0.3) is 39.4 Å². The van der Waals surface area contributed by atoms with Gasteiger partial charge in [0.05, 0.1) is 17.3 Å². The molecule has 3 aromatic heterocycles. The average molecular weight is 548 g/mol. The van der Waals surface area contributed by atoms with Crippen LogP contribution in [-0.4, -0.2) is 31.5 Å². The molecule has 0 fully saturated rings. The maximum Gasteiger partial charge on any atom is 0.291 e. The number of ether oxygens (including phenoxy) is 1. The van der Waals surface area contributed by atoms with Crippen LogP contribution in [0.5, 0.6) is 5.75 Å². The summed E-state index contributed by atoms with van der Waals surface area (Å²) in [7, 11) is 1.66. The molecule has 200 valence electrons. The molecule has 3 heterocycles. The highest BCUT2D eigenvalue weighted by Crippen LogP contribution is 2.29. The summed E-state index contributed by atoms with van der Waals surface area (Å²) in [5, 5.41) is 9.45. The summed E-state index contributed by atoms with van der Waals surface area (Å²) < 4.78 is 9.22. The van der Waals surface area contributed by atoms with Crippen LogP contribution in [0.2, 0.25) is 0 Å². The fraction of sp³-hybridized carbons (Fsp3) is 0.188. The van der Waals surface area contributed by atoms with E-state index in [-0.39, 0.29) is 11.0 Å². The number of hydrogen-bond acceptors (Lipinski definition) is 6. The van der Waals surface area contributed by atoms with Crippen molar-refractivity contribution in [2.24, 2.45) is 0 Å². The zero-order valence-corrected chi connectivity index (χ0v) is 23.9. The molecular formula is C32H29N5O2S. The van der Waals surface area contributed by atoms with Crippen LogP contribution in [0, 0.1) is 6.92 Å². The van der Waals surface area contributed by atoms with E-state index in [1.54, 1.807) is 7.11 Å². The molecule has 6 aromatic rings. The minimum atomic E-state index is -0.200. The lowest BCUT2D eigenvalue weighted by Gasteiger charge is -2.18. The third-order valence-corrected chi connectivity index (χ3v) is 7.87. The molecule has 0 N–H and O–H groups in total. The average Bonchev–Trinajstić information content (AvgIpc) is 3.64. The number of aryl methyl sites for hydroxylation is 1. The van der Waals surface area contributed by atoms with E-state index in [0.29, 0.717) is 15.3 Å². The highest BCUT2D eigenvalue weighted by atomic mass is 32.1. The predicted molar refractivity (Wildman–Crippen MR) is 160 cm³/mol. The van der Waals surface area contributed by atoms with Crippen molar-refractivity contribution in [3.05, 3.63) is 111 Å². The first kappa shape index (κ1) is 25.7. The normalized spacial score (nSPS) is 12.4. The van der Waals surface area contributed by atoms with Gasteiger partial charge in [-0.25, -0.2) is 4.68 Å². The van der Waals surface area contributed by atoms with Crippen molar-refractivity contribution in [1.82, 2.24) is 24.4 Å². The molecule has 0 aliphatic rings. The van der Waals surface area contributed by atoms with E-state index in [9.17, 15) is 4.79 Å². The van der Waals surface area contributed by atoms with Crippen molar-refractivity contribution in [3.63, 3.8) is 0 Å². The molecule has 0 atom stereocenters. The Bertz CT molecular complexity index is 1950.